The fraction of sp³-hybridized carbons (Fsp3) is 0.692. The summed E-state index contributed by atoms with van der Waals surface area (Å²) in [6, 6.07) is 0.119. The third-order valence-electron chi connectivity index (χ3n) is 2.91. The molecule has 1 aromatic rings. The van der Waals surface area contributed by atoms with E-state index < -0.39 is 0 Å². The lowest BCUT2D eigenvalue weighted by molar-refractivity contribution is 0.0692. The van der Waals surface area contributed by atoms with E-state index in [-0.39, 0.29) is 18.6 Å². The summed E-state index contributed by atoms with van der Waals surface area (Å²) in [4.78, 5) is 14.3. The second-order valence-electron chi connectivity index (χ2n) is 4.69. The molecule has 0 bridgehead atoms. The summed E-state index contributed by atoms with van der Waals surface area (Å²) in [5.41, 5.74) is 1.50. The van der Waals surface area contributed by atoms with Crippen molar-refractivity contribution in [3.63, 3.8) is 0 Å². The molecular weight excluding hydrogens is 230 g/mol. The fourth-order valence-corrected chi connectivity index (χ4v) is 1.96. The zero-order valence-corrected chi connectivity index (χ0v) is 11.7. The Balaban J connectivity index is 2.94. The first kappa shape index (κ1) is 14.7. The third-order valence-corrected chi connectivity index (χ3v) is 2.91. The average molecular weight is 253 g/mol. The van der Waals surface area contributed by atoms with Gasteiger partial charge in [0, 0.05) is 32.4 Å². The van der Waals surface area contributed by atoms with Crippen molar-refractivity contribution in [3.8, 4) is 0 Å². The molecule has 0 radical (unpaired) electrons. The second kappa shape index (κ2) is 6.54. The summed E-state index contributed by atoms with van der Waals surface area (Å²) in [7, 11) is 1.82. The molecule has 5 nitrogen and oxygen atoms in total. The molecular formula is C13H23N3O2. The molecule has 0 aliphatic heterocycles. The number of carbonyl (C=O) groups excluding carboxylic acids is 1. The molecule has 5 heteroatoms. The van der Waals surface area contributed by atoms with E-state index in [0.717, 1.165) is 12.1 Å². The van der Waals surface area contributed by atoms with Crippen molar-refractivity contribution >= 4 is 5.91 Å². The van der Waals surface area contributed by atoms with Crippen LogP contribution in [0.1, 0.15) is 43.2 Å². The summed E-state index contributed by atoms with van der Waals surface area (Å²) in [5.74, 6) is 0.00315. The zero-order valence-electron chi connectivity index (χ0n) is 11.7. The van der Waals surface area contributed by atoms with Crippen LogP contribution in [0.3, 0.4) is 0 Å². The minimum atomic E-state index is 0.00315. The monoisotopic (exact) mass is 253 g/mol. The Kier molecular flexibility index (Phi) is 5.34. The molecule has 1 amide bonds. The third kappa shape index (κ3) is 3.32. The van der Waals surface area contributed by atoms with Gasteiger partial charge in [-0.3, -0.25) is 9.48 Å². The Morgan fingerprint density at radius 1 is 1.56 bits per heavy atom. The first-order valence-corrected chi connectivity index (χ1v) is 6.45. The summed E-state index contributed by atoms with van der Waals surface area (Å²) >= 11 is 0. The lowest BCUT2D eigenvalue weighted by Crippen LogP contribution is -2.38. The molecule has 102 valence electrons. The molecule has 0 atom stereocenters. The molecule has 1 rings (SSSR count). The summed E-state index contributed by atoms with van der Waals surface area (Å²) < 4.78 is 1.68. The maximum atomic E-state index is 12.5. The summed E-state index contributed by atoms with van der Waals surface area (Å²) in [6.07, 6.45) is 3.12. The quantitative estimate of drug-likeness (QED) is 0.829. The van der Waals surface area contributed by atoms with Crippen molar-refractivity contribution in [1.29, 1.82) is 0 Å². The molecule has 0 aliphatic carbocycles. The van der Waals surface area contributed by atoms with E-state index in [1.54, 1.807) is 15.8 Å². The molecule has 0 aromatic carbocycles. The number of amides is 1. The zero-order chi connectivity index (χ0) is 13.7. The van der Waals surface area contributed by atoms with Crippen LogP contribution in [0.4, 0.5) is 0 Å². The first-order valence-electron chi connectivity index (χ1n) is 6.45. The fourth-order valence-electron chi connectivity index (χ4n) is 1.96. The van der Waals surface area contributed by atoms with Gasteiger partial charge in [0.05, 0.1) is 11.3 Å². The number of hydrogen-bond acceptors (Lipinski definition) is 3. The van der Waals surface area contributed by atoms with Crippen LogP contribution in [-0.2, 0) is 13.5 Å². The lowest BCUT2D eigenvalue weighted by atomic mass is 10.1. The largest absolute Gasteiger partial charge is 0.396 e. The van der Waals surface area contributed by atoms with Gasteiger partial charge in [0.1, 0.15) is 0 Å². The summed E-state index contributed by atoms with van der Waals surface area (Å²) in [5, 5.41) is 13.2. The Morgan fingerprint density at radius 3 is 2.72 bits per heavy atom. The van der Waals surface area contributed by atoms with Crippen LogP contribution in [0, 0.1) is 0 Å². The number of carbonyl (C=O) groups is 1. The van der Waals surface area contributed by atoms with Crippen LogP contribution in [0.15, 0.2) is 6.20 Å². The van der Waals surface area contributed by atoms with E-state index in [2.05, 4.69) is 5.10 Å². The predicted molar refractivity (Wildman–Crippen MR) is 70.5 cm³/mol. The number of aromatic nitrogens is 2. The topological polar surface area (TPSA) is 58.4 Å². The number of hydrogen-bond donors (Lipinski definition) is 1. The van der Waals surface area contributed by atoms with Crippen molar-refractivity contribution < 1.29 is 9.90 Å². The number of aliphatic hydroxyl groups is 1. The van der Waals surface area contributed by atoms with Gasteiger partial charge in [0.2, 0.25) is 0 Å². The van der Waals surface area contributed by atoms with Gasteiger partial charge in [-0.25, -0.2) is 0 Å². The Bertz CT molecular complexity index is 399. The van der Waals surface area contributed by atoms with Crippen LogP contribution in [0.25, 0.3) is 0 Å². The first-order chi connectivity index (χ1) is 8.51. The van der Waals surface area contributed by atoms with Crippen LogP contribution < -0.4 is 0 Å². The maximum absolute atomic E-state index is 12.5. The van der Waals surface area contributed by atoms with Crippen molar-refractivity contribution in [2.45, 2.75) is 39.7 Å². The molecule has 0 unspecified atom stereocenters. The van der Waals surface area contributed by atoms with E-state index in [0.29, 0.717) is 18.5 Å². The van der Waals surface area contributed by atoms with Crippen LogP contribution in [-0.4, -0.2) is 44.9 Å². The molecule has 1 aromatic heterocycles. The van der Waals surface area contributed by atoms with E-state index >= 15 is 0 Å². The smallest absolute Gasteiger partial charge is 0.257 e. The molecule has 1 N–H and O–H groups in total. The number of aliphatic hydroxyl groups excluding tert-OH is 1. The lowest BCUT2D eigenvalue weighted by Gasteiger charge is -2.26. The molecule has 0 spiro atoms. The van der Waals surface area contributed by atoms with E-state index in [1.807, 2.05) is 27.8 Å². The van der Waals surface area contributed by atoms with Gasteiger partial charge in [-0.1, -0.05) is 6.92 Å². The van der Waals surface area contributed by atoms with Crippen LogP contribution in [0.2, 0.25) is 0 Å². The molecule has 0 aliphatic rings. The van der Waals surface area contributed by atoms with E-state index in [1.165, 1.54) is 0 Å². The second-order valence-corrected chi connectivity index (χ2v) is 4.69. The maximum Gasteiger partial charge on any atom is 0.257 e. The minimum Gasteiger partial charge on any atom is -0.396 e. The van der Waals surface area contributed by atoms with Gasteiger partial charge in [-0.15, -0.1) is 0 Å². The van der Waals surface area contributed by atoms with Crippen molar-refractivity contribution in [2.75, 3.05) is 13.2 Å². The molecule has 0 saturated carbocycles. The number of rotatable bonds is 6. The van der Waals surface area contributed by atoms with Crippen molar-refractivity contribution in [1.82, 2.24) is 14.7 Å². The van der Waals surface area contributed by atoms with Crippen molar-refractivity contribution in [2.24, 2.45) is 7.05 Å². The number of nitrogens with zero attached hydrogens (tertiary/aromatic N) is 3. The molecule has 1 heterocycles. The van der Waals surface area contributed by atoms with Gasteiger partial charge < -0.3 is 10.0 Å². The Labute approximate surface area is 108 Å². The van der Waals surface area contributed by atoms with Gasteiger partial charge in [0.15, 0.2) is 0 Å². The van der Waals surface area contributed by atoms with Gasteiger partial charge in [0.25, 0.3) is 5.91 Å². The minimum absolute atomic E-state index is 0.00315. The Hall–Kier alpha value is -1.36. The normalized spacial score (nSPS) is 11.0. The molecule has 18 heavy (non-hydrogen) atoms. The standard InChI is InChI=1S/C13H23N3O2/c1-5-12-11(9-15(4)14-12)13(18)16(10(2)3)7-6-8-17/h9-10,17H,5-8H2,1-4H3. The van der Waals surface area contributed by atoms with Crippen LogP contribution >= 0.6 is 0 Å². The predicted octanol–water partition coefficient (Wildman–Crippen LogP) is 1.22. The molecule has 0 saturated heterocycles. The van der Waals surface area contributed by atoms with Gasteiger partial charge in [-0.05, 0) is 26.7 Å². The van der Waals surface area contributed by atoms with Crippen molar-refractivity contribution in [3.05, 3.63) is 17.5 Å². The Morgan fingerprint density at radius 2 is 2.22 bits per heavy atom. The molecule has 0 fully saturated rings. The highest BCUT2D eigenvalue weighted by Gasteiger charge is 2.22. The van der Waals surface area contributed by atoms with Gasteiger partial charge >= 0.3 is 0 Å². The highest BCUT2D eigenvalue weighted by molar-refractivity contribution is 5.95. The highest BCUT2D eigenvalue weighted by atomic mass is 16.3. The highest BCUT2D eigenvalue weighted by Crippen LogP contribution is 2.13. The van der Waals surface area contributed by atoms with E-state index in [9.17, 15) is 4.79 Å². The van der Waals surface area contributed by atoms with Gasteiger partial charge in [-0.2, -0.15) is 5.10 Å². The van der Waals surface area contributed by atoms with Crippen LogP contribution in [0.5, 0.6) is 0 Å². The SMILES string of the molecule is CCc1nn(C)cc1C(=O)N(CCCO)C(C)C. The average Bonchev–Trinajstić information content (AvgIpc) is 2.70. The summed E-state index contributed by atoms with van der Waals surface area (Å²) in [6.45, 7) is 6.64. The number of aryl methyl sites for hydroxylation is 2. The van der Waals surface area contributed by atoms with E-state index in [4.69, 9.17) is 5.11 Å².